The number of anilines is 2. The smallest absolute Gasteiger partial charge is 0.141 e. The van der Waals surface area contributed by atoms with Gasteiger partial charge in [-0.3, -0.25) is 5.10 Å². The molecule has 2 N–H and O–H groups in total. The van der Waals surface area contributed by atoms with Gasteiger partial charge < -0.3 is 5.32 Å². The van der Waals surface area contributed by atoms with Gasteiger partial charge >= 0.3 is 0 Å². The zero-order valence-corrected chi connectivity index (χ0v) is 13.8. The summed E-state index contributed by atoms with van der Waals surface area (Å²) >= 11 is 0. The van der Waals surface area contributed by atoms with Crippen LogP contribution in [0.4, 0.5) is 11.5 Å². The van der Waals surface area contributed by atoms with Crippen molar-refractivity contribution in [2.24, 2.45) is 0 Å². The number of hydrogen-bond donors (Lipinski definition) is 2. The van der Waals surface area contributed by atoms with Gasteiger partial charge in [-0.15, -0.1) is 0 Å². The van der Waals surface area contributed by atoms with Crippen molar-refractivity contribution < 1.29 is 0 Å². The standard InChI is InChI=1S/C21H14N5/c1-2-5-14(6-3-1)15-9-10-18-16(11-15)21(23-13-22-18)25-19-7-4-8-20-17(19)12-24-26-20/h1-2,4-13H,(H,24,26)(H,22,23,25). The van der Waals surface area contributed by atoms with Crippen LogP contribution in [0.15, 0.2) is 73.2 Å². The third-order valence-electron chi connectivity index (χ3n) is 4.41. The topological polar surface area (TPSA) is 66.5 Å². The molecule has 0 amide bonds. The molecular weight excluding hydrogens is 322 g/mol. The molecule has 0 spiro atoms. The van der Waals surface area contributed by atoms with Crippen LogP contribution in [0.1, 0.15) is 0 Å². The zero-order valence-electron chi connectivity index (χ0n) is 13.8. The number of hydrogen-bond acceptors (Lipinski definition) is 4. The number of H-pyrrole nitrogens is 1. The molecule has 0 aliphatic rings. The van der Waals surface area contributed by atoms with Crippen LogP contribution < -0.4 is 5.32 Å². The van der Waals surface area contributed by atoms with E-state index in [9.17, 15) is 0 Å². The monoisotopic (exact) mass is 336 g/mol. The molecule has 5 rings (SSSR count). The van der Waals surface area contributed by atoms with E-state index in [0.717, 1.165) is 44.4 Å². The van der Waals surface area contributed by atoms with Gasteiger partial charge in [0.25, 0.3) is 0 Å². The van der Waals surface area contributed by atoms with E-state index in [-0.39, 0.29) is 0 Å². The molecule has 2 heterocycles. The molecule has 0 fully saturated rings. The van der Waals surface area contributed by atoms with Crippen LogP contribution in [0.3, 0.4) is 0 Å². The van der Waals surface area contributed by atoms with E-state index in [1.54, 1.807) is 6.33 Å². The van der Waals surface area contributed by atoms with Crippen molar-refractivity contribution in [3.63, 3.8) is 0 Å². The van der Waals surface area contributed by atoms with Crippen molar-refractivity contribution in [2.75, 3.05) is 5.32 Å². The average Bonchev–Trinajstić information content (AvgIpc) is 3.18. The molecule has 5 aromatic rings. The van der Waals surface area contributed by atoms with E-state index in [4.69, 9.17) is 0 Å². The number of benzene rings is 3. The highest BCUT2D eigenvalue weighted by Gasteiger charge is 2.09. The third kappa shape index (κ3) is 2.46. The molecule has 5 nitrogen and oxygen atoms in total. The second-order valence-electron chi connectivity index (χ2n) is 6.01. The van der Waals surface area contributed by atoms with Crippen LogP contribution in [0, 0.1) is 6.07 Å². The maximum atomic E-state index is 4.47. The number of fused-ring (bicyclic) bond motifs is 2. The van der Waals surface area contributed by atoms with Gasteiger partial charge in [-0.2, -0.15) is 5.10 Å². The number of aromatic amines is 1. The lowest BCUT2D eigenvalue weighted by Crippen LogP contribution is -1.96. The summed E-state index contributed by atoms with van der Waals surface area (Å²) < 4.78 is 0. The summed E-state index contributed by atoms with van der Waals surface area (Å²) in [5.41, 5.74) is 5.05. The quantitative estimate of drug-likeness (QED) is 0.500. The molecule has 3 aromatic carbocycles. The van der Waals surface area contributed by atoms with Crippen molar-refractivity contribution in [3.05, 3.63) is 79.3 Å². The Balaban J connectivity index is 1.64. The van der Waals surface area contributed by atoms with Crippen molar-refractivity contribution in [2.45, 2.75) is 0 Å². The molecule has 5 heteroatoms. The molecule has 0 bridgehead atoms. The van der Waals surface area contributed by atoms with Crippen molar-refractivity contribution in [1.29, 1.82) is 0 Å². The van der Waals surface area contributed by atoms with E-state index in [2.05, 4.69) is 49.7 Å². The first-order valence-corrected chi connectivity index (χ1v) is 8.29. The largest absolute Gasteiger partial charge is 0.339 e. The van der Waals surface area contributed by atoms with Crippen molar-refractivity contribution in [3.8, 4) is 11.1 Å². The van der Waals surface area contributed by atoms with Gasteiger partial charge in [0.15, 0.2) is 0 Å². The van der Waals surface area contributed by atoms with Crippen LogP contribution in [-0.2, 0) is 0 Å². The van der Waals surface area contributed by atoms with Gasteiger partial charge in [-0.25, -0.2) is 9.97 Å². The Hall–Kier alpha value is -3.73. The number of nitrogens with zero attached hydrogens (tertiary/aromatic N) is 3. The van der Waals surface area contributed by atoms with Crippen LogP contribution in [0.2, 0.25) is 0 Å². The van der Waals surface area contributed by atoms with Gasteiger partial charge in [-0.1, -0.05) is 30.3 Å². The summed E-state index contributed by atoms with van der Waals surface area (Å²) in [7, 11) is 0. The number of aromatic nitrogens is 4. The van der Waals surface area contributed by atoms with Gasteiger partial charge in [0.1, 0.15) is 12.1 Å². The van der Waals surface area contributed by atoms with Gasteiger partial charge in [-0.05, 0) is 47.5 Å². The highest BCUT2D eigenvalue weighted by Crippen LogP contribution is 2.30. The van der Waals surface area contributed by atoms with E-state index in [0.29, 0.717) is 0 Å². The Kier molecular flexibility index (Phi) is 3.35. The number of rotatable bonds is 3. The SMILES string of the molecule is [c]1cccc(-c2ccc3ncnc(Nc4cccc5[nH]ncc45)c3c2)c1. The lowest BCUT2D eigenvalue weighted by Gasteiger charge is -2.10. The lowest BCUT2D eigenvalue weighted by atomic mass is 10.0. The summed E-state index contributed by atoms with van der Waals surface area (Å²) in [6.07, 6.45) is 3.39. The molecule has 0 aliphatic carbocycles. The molecule has 1 radical (unpaired) electrons. The van der Waals surface area contributed by atoms with Crippen LogP contribution >= 0.6 is 0 Å². The second kappa shape index (κ2) is 5.97. The molecule has 0 unspecified atom stereocenters. The van der Waals surface area contributed by atoms with Crippen LogP contribution in [-0.4, -0.2) is 20.2 Å². The van der Waals surface area contributed by atoms with E-state index in [1.807, 2.05) is 48.7 Å². The zero-order chi connectivity index (χ0) is 17.3. The molecule has 0 aliphatic heterocycles. The Morgan fingerprint density at radius 2 is 1.92 bits per heavy atom. The summed E-state index contributed by atoms with van der Waals surface area (Å²) in [4.78, 5) is 8.86. The van der Waals surface area contributed by atoms with Gasteiger partial charge in [0.05, 0.1) is 22.9 Å². The fraction of sp³-hybridized carbons (Fsp3) is 0. The predicted octanol–water partition coefficient (Wildman–Crippen LogP) is 4.72. The minimum absolute atomic E-state index is 0.769. The van der Waals surface area contributed by atoms with E-state index >= 15 is 0 Å². The Morgan fingerprint density at radius 1 is 0.923 bits per heavy atom. The Labute approximate surface area is 149 Å². The minimum atomic E-state index is 0.769. The van der Waals surface area contributed by atoms with Crippen molar-refractivity contribution >= 4 is 33.3 Å². The molecule has 0 atom stereocenters. The predicted molar refractivity (Wildman–Crippen MR) is 103 cm³/mol. The molecule has 0 saturated carbocycles. The second-order valence-corrected chi connectivity index (χ2v) is 6.01. The minimum Gasteiger partial charge on any atom is -0.339 e. The summed E-state index contributed by atoms with van der Waals surface area (Å²) in [5.74, 6) is 0.769. The normalized spacial score (nSPS) is 11.1. The van der Waals surface area contributed by atoms with E-state index < -0.39 is 0 Å². The van der Waals surface area contributed by atoms with Crippen LogP contribution in [0.5, 0.6) is 0 Å². The fourth-order valence-electron chi connectivity index (χ4n) is 3.11. The highest BCUT2D eigenvalue weighted by molar-refractivity contribution is 5.98. The molecule has 26 heavy (non-hydrogen) atoms. The first-order valence-electron chi connectivity index (χ1n) is 8.29. The number of nitrogens with one attached hydrogen (secondary N) is 2. The third-order valence-corrected chi connectivity index (χ3v) is 4.41. The highest BCUT2D eigenvalue weighted by atomic mass is 15.1. The Morgan fingerprint density at radius 3 is 2.85 bits per heavy atom. The first kappa shape index (κ1) is 14.6. The van der Waals surface area contributed by atoms with Crippen LogP contribution in [0.25, 0.3) is 32.9 Å². The Bertz CT molecular complexity index is 1210. The molecular formula is C21H14N5. The maximum absolute atomic E-state index is 4.47. The van der Waals surface area contributed by atoms with Gasteiger partial charge in [0, 0.05) is 10.8 Å². The summed E-state index contributed by atoms with van der Waals surface area (Å²) in [6.45, 7) is 0. The lowest BCUT2D eigenvalue weighted by molar-refractivity contribution is 1.12. The average molecular weight is 336 g/mol. The molecule has 2 aromatic heterocycles. The summed E-state index contributed by atoms with van der Waals surface area (Å²) in [5, 5.41) is 12.5. The molecule has 0 saturated heterocycles. The summed E-state index contributed by atoms with van der Waals surface area (Å²) in [6, 6.07) is 23.2. The molecule has 123 valence electrons. The maximum Gasteiger partial charge on any atom is 0.141 e. The fourth-order valence-corrected chi connectivity index (χ4v) is 3.11. The van der Waals surface area contributed by atoms with Gasteiger partial charge in [0.2, 0.25) is 0 Å². The van der Waals surface area contributed by atoms with E-state index in [1.165, 1.54) is 0 Å². The first-order chi connectivity index (χ1) is 12.9. The van der Waals surface area contributed by atoms with Crippen molar-refractivity contribution in [1.82, 2.24) is 20.2 Å².